The molecule has 1 saturated carbocycles. The summed E-state index contributed by atoms with van der Waals surface area (Å²) in [5.41, 5.74) is 5.33. The van der Waals surface area contributed by atoms with Crippen LogP contribution in [0.25, 0.3) is 0 Å². The van der Waals surface area contributed by atoms with Crippen LogP contribution in [-0.4, -0.2) is 93.5 Å². The third-order valence-electron chi connectivity index (χ3n) is 10.6. The number of nitrogens with two attached hydrogens (primary N) is 1. The molecule has 1 rings (SSSR count). The summed E-state index contributed by atoms with van der Waals surface area (Å²) in [5, 5.41) is 40.3. The minimum atomic E-state index is -4.77. The Morgan fingerprint density at radius 3 is 1.81 bits per heavy atom. The van der Waals surface area contributed by atoms with Gasteiger partial charge in [-0.2, -0.15) is 0 Å². The van der Waals surface area contributed by atoms with Crippen LogP contribution in [0.5, 0.6) is 0 Å². The number of hydrogen-bond donors (Lipinski definition) is 6. The Bertz CT molecular complexity index is 1140. The fraction of sp³-hybridized carbons (Fsp3) is 0.881. The van der Waals surface area contributed by atoms with Gasteiger partial charge in [0.15, 0.2) is 6.10 Å². The fourth-order valence-corrected chi connectivity index (χ4v) is 7.88. The van der Waals surface area contributed by atoms with Gasteiger partial charge < -0.3 is 40.5 Å². The first-order chi connectivity index (χ1) is 27.3. The van der Waals surface area contributed by atoms with Crippen molar-refractivity contribution in [2.45, 2.75) is 205 Å². The maximum Gasteiger partial charge on any atom is 0.472 e. The summed E-state index contributed by atoms with van der Waals surface area (Å²) >= 11 is 0. The van der Waals surface area contributed by atoms with Crippen LogP contribution in [-0.2, 0) is 37.5 Å². The van der Waals surface area contributed by atoms with Crippen LogP contribution in [0.15, 0.2) is 12.2 Å². The quantitative estimate of drug-likeness (QED) is 0.0153. The minimum Gasteiger partial charge on any atom is -0.480 e. The van der Waals surface area contributed by atoms with Crippen molar-refractivity contribution in [3.05, 3.63) is 12.2 Å². The maximum atomic E-state index is 12.7. The van der Waals surface area contributed by atoms with E-state index in [1.165, 1.54) is 57.8 Å². The average Bonchev–Trinajstić information content (AvgIpc) is 3.44. The van der Waals surface area contributed by atoms with Gasteiger partial charge in [-0.05, 0) is 31.6 Å². The molecule has 0 aromatic heterocycles. The molecular formula is C42H78NO13P. The number of aliphatic hydroxyl groups excluding tert-OH is 3. The maximum absolute atomic E-state index is 12.7. The highest BCUT2D eigenvalue weighted by atomic mass is 31.2. The van der Waals surface area contributed by atoms with Crippen molar-refractivity contribution < 1.29 is 62.8 Å². The number of phosphoric acid groups is 1. The molecule has 7 N–H and O–H groups in total. The topological polar surface area (TPSA) is 232 Å². The summed E-state index contributed by atoms with van der Waals surface area (Å²) in [7, 11) is -4.77. The van der Waals surface area contributed by atoms with Crippen molar-refractivity contribution in [1.29, 1.82) is 0 Å². The number of carbonyl (C=O) groups excluding carboxylic acids is 2. The van der Waals surface area contributed by atoms with Gasteiger partial charge in [0.05, 0.1) is 31.5 Å². The van der Waals surface area contributed by atoms with Crippen LogP contribution < -0.4 is 5.73 Å². The first kappa shape index (κ1) is 53.1. The van der Waals surface area contributed by atoms with Gasteiger partial charge in [-0.25, -0.2) is 4.57 Å². The Balaban J connectivity index is 2.48. The second kappa shape index (κ2) is 32.9. The summed E-state index contributed by atoms with van der Waals surface area (Å²) in [4.78, 5) is 46.2. The molecule has 0 aliphatic heterocycles. The zero-order valence-corrected chi connectivity index (χ0v) is 35.9. The first-order valence-corrected chi connectivity index (χ1v) is 23.5. The molecule has 0 saturated heterocycles. The largest absolute Gasteiger partial charge is 0.480 e. The molecule has 1 unspecified atom stereocenters. The molecule has 0 aromatic rings. The molecule has 0 heterocycles. The first-order valence-electron chi connectivity index (χ1n) is 22.0. The van der Waals surface area contributed by atoms with Gasteiger partial charge in [0.25, 0.3) is 0 Å². The lowest BCUT2D eigenvalue weighted by Crippen LogP contribution is -2.34. The van der Waals surface area contributed by atoms with E-state index in [-0.39, 0.29) is 24.7 Å². The average molecular weight is 836 g/mol. The Morgan fingerprint density at radius 1 is 0.719 bits per heavy atom. The van der Waals surface area contributed by atoms with Crippen molar-refractivity contribution in [1.82, 2.24) is 0 Å². The van der Waals surface area contributed by atoms with E-state index in [1.807, 2.05) is 6.08 Å². The molecule has 0 amide bonds. The fourth-order valence-electron chi connectivity index (χ4n) is 7.10. The van der Waals surface area contributed by atoms with Gasteiger partial charge in [-0.1, -0.05) is 142 Å². The Kier molecular flexibility index (Phi) is 30.7. The lowest BCUT2D eigenvalue weighted by molar-refractivity contribution is -0.161. The van der Waals surface area contributed by atoms with Crippen LogP contribution in [0, 0.1) is 11.8 Å². The molecule has 1 aliphatic rings. The smallest absolute Gasteiger partial charge is 0.472 e. The van der Waals surface area contributed by atoms with Gasteiger partial charge in [0, 0.05) is 25.2 Å². The van der Waals surface area contributed by atoms with Gasteiger partial charge in [0.2, 0.25) is 0 Å². The predicted molar refractivity (Wildman–Crippen MR) is 219 cm³/mol. The molecule has 334 valence electrons. The number of ether oxygens (including phenoxy) is 2. The van der Waals surface area contributed by atoms with E-state index >= 15 is 0 Å². The van der Waals surface area contributed by atoms with Gasteiger partial charge in [-0.3, -0.25) is 23.4 Å². The number of unbranched alkanes of at least 4 members (excludes halogenated alkanes) is 17. The van der Waals surface area contributed by atoms with E-state index in [4.69, 9.17) is 24.8 Å². The van der Waals surface area contributed by atoms with Crippen LogP contribution in [0.2, 0.25) is 0 Å². The Labute approximate surface area is 342 Å². The molecule has 14 nitrogen and oxygen atoms in total. The zero-order valence-electron chi connectivity index (χ0n) is 35.0. The predicted octanol–water partition coefficient (Wildman–Crippen LogP) is 7.66. The molecule has 1 fully saturated rings. The summed E-state index contributed by atoms with van der Waals surface area (Å²) < 4.78 is 32.7. The molecule has 1 aliphatic carbocycles. The van der Waals surface area contributed by atoms with E-state index in [9.17, 15) is 39.2 Å². The highest BCUT2D eigenvalue weighted by Crippen LogP contribution is 2.43. The number of rotatable bonds is 37. The molecule has 0 spiro atoms. The third-order valence-corrected chi connectivity index (χ3v) is 11.6. The third kappa shape index (κ3) is 27.5. The standard InChI is InChI=1S/C42H78NO13P/c1-3-5-7-8-9-10-11-12-13-14-15-16-21-25-40(47)53-30-34(31-54-57(51,52)55-32-37(43)42(49)50)56-41(48)26-22-18-17-20-24-35-36(39(46)29-38(35)45)28-27-33(44)23-19-6-4-2/h27-28,33-39,44-46H,3-26,29-32,43H2,1-2H3,(H,49,50)(H,51,52)/b28-27+/t33-,34+,35+,36+,37-,38-,39+/m0/s1. The highest BCUT2D eigenvalue weighted by molar-refractivity contribution is 7.47. The molecule has 15 heteroatoms. The Hall–Kier alpha value is -1.90. The van der Waals surface area contributed by atoms with Crippen LogP contribution in [0.4, 0.5) is 0 Å². The summed E-state index contributed by atoms with van der Waals surface area (Å²) in [6, 6.07) is -1.55. The monoisotopic (exact) mass is 836 g/mol. The number of carboxylic acid groups (broad SMARTS) is 1. The van der Waals surface area contributed by atoms with Crippen molar-refractivity contribution in [2.24, 2.45) is 17.6 Å². The Morgan fingerprint density at radius 2 is 1.23 bits per heavy atom. The number of carboxylic acids is 1. The van der Waals surface area contributed by atoms with Crippen LogP contribution in [0.1, 0.15) is 174 Å². The van der Waals surface area contributed by atoms with Crippen molar-refractivity contribution in [3.63, 3.8) is 0 Å². The van der Waals surface area contributed by atoms with Crippen molar-refractivity contribution >= 4 is 25.7 Å². The lowest BCUT2D eigenvalue weighted by Gasteiger charge is -2.21. The molecule has 0 radical (unpaired) electrons. The number of hydrogen-bond acceptors (Lipinski definition) is 12. The SMILES string of the molecule is CCCCCCCCCCCCCCCC(=O)OC[C@H](COP(=O)(O)OC[C@H](N)C(=O)O)OC(=O)CCCCCC[C@@H]1[C@@H](/C=C/[C@@H](O)CCCCC)[C@H](O)C[C@@H]1O. The van der Waals surface area contributed by atoms with Crippen LogP contribution in [0.3, 0.4) is 0 Å². The highest BCUT2D eigenvalue weighted by Gasteiger charge is 2.39. The number of carbonyl (C=O) groups is 3. The van der Waals surface area contributed by atoms with Crippen molar-refractivity contribution in [3.8, 4) is 0 Å². The number of phosphoric ester groups is 1. The molecule has 57 heavy (non-hydrogen) atoms. The molecule has 0 bridgehead atoms. The lowest BCUT2D eigenvalue weighted by atomic mass is 9.88. The van der Waals surface area contributed by atoms with E-state index in [0.29, 0.717) is 38.5 Å². The van der Waals surface area contributed by atoms with E-state index in [2.05, 4.69) is 18.4 Å². The summed E-state index contributed by atoms with van der Waals surface area (Å²) in [6.07, 6.45) is 23.4. The number of aliphatic hydroxyl groups is 3. The van der Waals surface area contributed by atoms with E-state index in [0.717, 1.165) is 51.4 Å². The molecule has 8 atom stereocenters. The second-order valence-corrected chi connectivity index (χ2v) is 17.3. The summed E-state index contributed by atoms with van der Waals surface area (Å²) in [5.74, 6) is -2.89. The van der Waals surface area contributed by atoms with Crippen molar-refractivity contribution in [2.75, 3.05) is 19.8 Å². The van der Waals surface area contributed by atoms with E-state index in [1.54, 1.807) is 6.08 Å². The zero-order chi connectivity index (χ0) is 42.3. The van der Waals surface area contributed by atoms with Gasteiger partial charge in [-0.15, -0.1) is 0 Å². The summed E-state index contributed by atoms with van der Waals surface area (Å²) in [6.45, 7) is 2.49. The van der Waals surface area contributed by atoms with E-state index < -0.39 is 76.0 Å². The number of aliphatic carboxylic acids is 1. The molecule has 0 aromatic carbocycles. The minimum absolute atomic E-state index is 0.0379. The van der Waals surface area contributed by atoms with Crippen LogP contribution >= 0.6 is 7.82 Å². The van der Waals surface area contributed by atoms with Gasteiger partial charge in [0.1, 0.15) is 12.6 Å². The van der Waals surface area contributed by atoms with Gasteiger partial charge >= 0.3 is 25.7 Å². The number of esters is 2. The normalized spacial score (nSPS) is 21.0. The molecular weight excluding hydrogens is 757 g/mol. The second-order valence-electron chi connectivity index (χ2n) is 15.8.